The molecule has 0 radical (unpaired) electrons. The molecule has 0 unspecified atom stereocenters. The van der Waals surface area contributed by atoms with Crippen molar-refractivity contribution in [2.45, 2.75) is 24.8 Å². The number of ether oxygens (including phenoxy) is 3. The van der Waals surface area contributed by atoms with Gasteiger partial charge in [-0.2, -0.15) is 13.2 Å². The van der Waals surface area contributed by atoms with E-state index in [1.807, 2.05) is 0 Å². The first-order valence-corrected chi connectivity index (χ1v) is 9.82. The Hall–Kier alpha value is -4.11. The van der Waals surface area contributed by atoms with Crippen LogP contribution in [0.5, 0.6) is 11.5 Å². The highest BCUT2D eigenvalue weighted by atomic mass is 19.4. The van der Waals surface area contributed by atoms with Crippen LogP contribution in [0.15, 0.2) is 36.4 Å². The van der Waals surface area contributed by atoms with E-state index in [0.717, 1.165) is 4.57 Å². The number of methoxy groups -OCH3 is 2. The predicted molar refractivity (Wildman–Crippen MR) is 110 cm³/mol. The van der Waals surface area contributed by atoms with Crippen LogP contribution in [0.3, 0.4) is 0 Å². The van der Waals surface area contributed by atoms with Gasteiger partial charge in [-0.05, 0) is 23.8 Å². The van der Waals surface area contributed by atoms with Gasteiger partial charge in [0.15, 0.2) is 23.0 Å². The van der Waals surface area contributed by atoms with Gasteiger partial charge >= 0.3 is 12.1 Å². The van der Waals surface area contributed by atoms with Crippen LogP contribution in [-0.2, 0) is 15.7 Å². The van der Waals surface area contributed by atoms with Crippen LogP contribution in [0.4, 0.5) is 18.9 Å². The minimum atomic E-state index is -4.89. The van der Waals surface area contributed by atoms with Crippen molar-refractivity contribution >= 4 is 11.7 Å². The van der Waals surface area contributed by atoms with Crippen molar-refractivity contribution in [2.75, 3.05) is 14.2 Å². The largest absolute Gasteiger partial charge is 0.493 e. The third-order valence-corrected chi connectivity index (χ3v) is 5.27. The fraction of sp³-hybridized carbons (Fsp3) is 0.273. The van der Waals surface area contributed by atoms with Crippen molar-refractivity contribution in [2.24, 2.45) is 0 Å². The summed E-state index contributed by atoms with van der Waals surface area (Å²) < 4.78 is 59.2. The summed E-state index contributed by atoms with van der Waals surface area (Å²) in [5.74, 6) is -2.39. The van der Waals surface area contributed by atoms with Gasteiger partial charge in [0.25, 0.3) is 0 Å². The smallest absolute Gasteiger partial charge is 0.452 e. The minimum Gasteiger partial charge on any atom is -0.493 e. The van der Waals surface area contributed by atoms with Gasteiger partial charge in [-0.15, -0.1) is 10.2 Å². The molecule has 0 amide bonds. The highest BCUT2D eigenvalue weighted by Gasteiger charge is 2.43. The number of alkyl halides is 3. The maximum Gasteiger partial charge on any atom is 0.452 e. The standard InChI is InChI=1S/C22H17F3N4O5/c1-26-11-7-8-14-13(9-11)18(12-5-4-6-15(32-2)19(12)33-3)34-16(10-17(30)31)20-27-28-21(29(14)20)22(23,24)25/h4-9,16,18H,10H2,2-3H3,(H,30,31)/t16-,18-/m1/s1. The lowest BCUT2D eigenvalue weighted by Crippen LogP contribution is -2.17. The molecule has 0 spiro atoms. The fourth-order valence-electron chi connectivity index (χ4n) is 3.91. The predicted octanol–water partition coefficient (Wildman–Crippen LogP) is 4.49. The lowest BCUT2D eigenvalue weighted by atomic mass is 9.97. The van der Waals surface area contributed by atoms with Crippen molar-refractivity contribution < 1.29 is 37.3 Å². The van der Waals surface area contributed by atoms with Crippen LogP contribution in [0.1, 0.15) is 41.4 Å². The zero-order valence-electron chi connectivity index (χ0n) is 17.8. The first-order chi connectivity index (χ1) is 16.2. The summed E-state index contributed by atoms with van der Waals surface area (Å²) in [5.41, 5.74) is 0.698. The van der Waals surface area contributed by atoms with Crippen LogP contribution >= 0.6 is 0 Å². The number of hydrogen-bond acceptors (Lipinski definition) is 6. The molecule has 2 aromatic carbocycles. The fourth-order valence-corrected chi connectivity index (χ4v) is 3.91. The molecule has 2 atom stereocenters. The van der Waals surface area contributed by atoms with E-state index >= 15 is 0 Å². The molecule has 0 saturated carbocycles. The summed E-state index contributed by atoms with van der Waals surface area (Å²) >= 11 is 0. The molecule has 1 aliphatic heterocycles. The molecular weight excluding hydrogens is 457 g/mol. The summed E-state index contributed by atoms with van der Waals surface area (Å²) in [6.45, 7) is 7.37. The number of nitrogens with zero attached hydrogens (tertiary/aromatic N) is 4. The number of hydrogen-bond donors (Lipinski definition) is 1. The first-order valence-electron chi connectivity index (χ1n) is 9.82. The Morgan fingerprint density at radius 3 is 2.59 bits per heavy atom. The number of aromatic nitrogens is 3. The molecule has 0 saturated heterocycles. The molecule has 176 valence electrons. The summed E-state index contributed by atoms with van der Waals surface area (Å²) in [6.07, 6.45) is -8.08. The molecule has 2 heterocycles. The second kappa shape index (κ2) is 8.68. The van der Waals surface area contributed by atoms with E-state index in [1.54, 1.807) is 18.2 Å². The van der Waals surface area contributed by atoms with Gasteiger partial charge in [-0.3, -0.25) is 9.36 Å². The van der Waals surface area contributed by atoms with Gasteiger partial charge in [0, 0.05) is 5.56 Å². The van der Waals surface area contributed by atoms with E-state index in [-0.39, 0.29) is 28.5 Å². The molecule has 0 bridgehead atoms. The number of aliphatic carboxylic acids is 1. The van der Waals surface area contributed by atoms with E-state index < -0.39 is 36.6 Å². The topological polar surface area (TPSA) is 100 Å². The van der Waals surface area contributed by atoms with Gasteiger partial charge in [-0.25, -0.2) is 4.85 Å². The molecule has 9 nitrogen and oxygen atoms in total. The Labute approximate surface area is 191 Å². The van der Waals surface area contributed by atoms with Gasteiger partial charge < -0.3 is 19.3 Å². The lowest BCUT2D eigenvalue weighted by Gasteiger charge is -2.24. The van der Waals surface area contributed by atoms with E-state index in [0.29, 0.717) is 11.3 Å². The zero-order valence-corrected chi connectivity index (χ0v) is 17.8. The monoisotopic (exact) mass is 474 g/mol. The van der Waals surface area contributed by atoms with Crippen LogP contribution in [0.25, 0.3) is 10.5 Å². The highest BCUT2D eigenvalue weighted by Crippen LogP contribution is 2.47. The lowest BCUT2D eigenvalue weighted by molar-refractivity contribution is -0.146. The molecule has 12 heteroatoms. The van der Waals surface area contributed by atoms with E-state index in [4.69, 9.17) is 20.8 Å². The second-order valence-corrected chi connectivity index (χ2v) is 7.26. The third kappa shape index (κ3) is 3.90. The summed E-state index contributed by atoms with van der Waals surface area (Å²) in [5, 5.41) is 16.4. The van der Waals surface area contributed by atoms with Crippen LogP contribution in [-0.4, -0.2) is 40.1 Å². The SMILES string of the molecule is [C-]#[N+]c1ccc2c(c1)[C@@H](c1cccc(OC)c1OC)O[C@H](CC(=O)O)c1nnc(C(F)(F)F)n1-2. The van der Waals surface area contributed by atoms with E-state index in [9.17, 15) is 23.1 Å². The number of benzene rings is 2. The molecule has 34 heavy (non-hydrogen) atoms. The molecule has 1 N–H and O–H groups in total. The number of para-hydroxylation sites is 1. The van der Waals surface area contributed by atoms with Crippen molar-refractivity contribution in [3.8, 4) is 17.2 Å². The summed E-state index contributed by atoms with van der Waals surface area (Å²) in [6, 6.07) is 8.95. The minimum absolute atomic E-state index is 0.00230. The Kier molecular flexibility index (Phi) is 5.89. The highest BCUT2D eigenvalue weighted by molar-refractivity contribution is 5.68. The van der Waals surface area contributed by atoms with Gasteiger partial charge in [0.2, 0.25) is 5.82 Å². The van der Waals surface area contributed by atoms with Crippen molar-refractivity contribution in [3.05, 3.63) is 70.6 Å². The maximum absolute atomic E-state index is 13.8. The van der Waals surface area contributed by atoms with Crippen LogP contribution in [0.2, 0.25) is 0 Å². The van der Waals surface area contributed by atoms with Crippen molar-refractivity contribution in [1.82, 2.24) is 14.8 Å². The quantitative estimate of drug-likeness (QED) is 0.544. The third-order valence-electron chi connectivity index (χ3n) is 5.27. The van der Waals surface area contributed by atoms with Gasteiger partial charge in [0.05, 0.1) is 32.9 Å². The van der Waals surface area contributed by atoms with E-state index in [1.165, 1.54) is 32.4 Å². The van der Waals surface area contributed by atoms with Crippen LogP contribution in [0, 0.1) is 6.57 Å². The molecule has 0 aliphatic carbocycles. The number of carboxylic acid groups (broad SMARTS) is 1. The van der Waals surface area contributed by atoms with E-state index in [2.05, 4.69) is 15.0 Å². The first kappa shape index (κ1) is 23.1. The molecule has 0 fully saturated rings. The van der Waals surface area contributed by atoms with Crippen LogP contribution < -0.4 is 9.47 Å². The Bertz CT molecular complexity index is 1300. The molecule has 4 rings (SSSR count). The summed E-state index contributed by atoms with van der Waals surface area (Å²) in [7, 11) is 2.81. The Balaban J connectivity index is 2.06. The number of fused-ring (bicyclic) bond motifs is 3. The maximum atomic E-state index is 13.8. The molecular formula is C22H17F3N4O5. The van der Waals surface area contributed by atoms with Crippen molar-refractivity contribution in [1.29, 1.82) is 0 Å². The summed E-state index contributed by atoms with van der Waals surface area (Å²) in [4.78, 5) is 15.0. The molecule has 1 aromatic heterocycles. The molecule has 1 aliphatic rings. The van der Waals surface area contributed by atoms with Gasteiger partial charge in [0.1, 0.15) is 12.2 Å². The number of rotatable bonds is 5. The second-order valence-electron chi connectivity index (χ2n) is 7.26. The number of halogens is 3. The van der Waals surface area contributed by atoms with Gasteiger partial charge in [-0.1, -0.05) is 18.2 Å². The Morgan fingerprint density at radius 1 is 1.21 bits per heavy atom. The number of carboxylic acids is 1. The average molecular weight is 474 g/mol. The molecule has 3 aromatic rings. The van der Waals surface area contributed by atoms with Crippen molar-refractivity contribution in [3.63, 3.8) is 0 Å². The Morgan fingerprint density at radius 2 is 1.97 bits per heavy atom. The normalized spacial score (nSPS) is 17.2. The average Bonchev–Trinajstić information content (AvgIpc) is 3.21. The zero-order chi connectivity index (χ0) is 24.6. The number of carbonyl (C=O) groups is 1.